The van der Waals surface area contributed by atoms with Crippen molar-refractivity contribution in [3.05, 3.63) is 35.9 Å². The second-order valence-electron chi connectivity index (χ2n) is 6.92. The van der Waals surface area contributed by atoms with Crippen LogP contribution >= 0.6 is 0 Å². The Labute approximate surface area is 145 Å². The van der Waals surface area contributed by atoms with E-state index in [9.17, 15) is 9.59 Å². The number of nitrogens with zero attached hydrogens (tertiary/aromatic N) is 3. The summed E-state index contributed by atoms with van der Waals surface area (Å²) in [6, 6.07) is 9.76. The van der Waals surface area contributed by atoms with Crippen molar-refractivity contribution in [3.63, 3.8) is 0 Å². The normalized spacial score (nSPS) is 16.6. The van der Waals surface area contributed by atoms with Crippen molar-refractivity contribution in [1.82, 2.24) is 14.7 Å². The van der Waals surface area contributed by atoms with Crippen molar-refractivity contribution in [2.75, 3.05) is 39.8 Å². The lowest BCUT2D eigenvalue weighted by atomic mass is 10.1. The third kappa shape index (κ3) is 4.57. The average molecular weight is 331 g/mol. The Bertz CT molecular complexity index is 551. The van der Waals surface area contributed by atoms with Crippen molar-refractivity contribution in [2.24, 2.45) is 5.92 Å². The number of carbonyl (C=O) groups is 2. The summed E-state index contributed by atoms with van der Waals surface area (Å²) in [5.41, 5.74) is 0.712. The Balaban J connectivity index is 1.86. The minimum absolute atomic E-state index is 0.0197. The summed E-state index contributed by atoms with van der Waals surface area (Å²) < 4.78 is 0. The summed E-state index contributed by atoms with van der Waals surface area (Å²) in [7, 11) is 2.05. The van der Waals surface area contributed by atoms with Gasteiger partial charge < -0.3 is 14.7 Å². The molecule has 1 aromatic carbocycles. The molecular weight excluding hydrogens is 302 g/mol. The van der Waals surface area contributed by atoms with Crippen LogP contribution < -0.4 is 0 Å². The van der Waals surface area contributed by atoms with Crippen LogP contribution in [0.1, 0.15) is 31.1 Å². The molecule has 0 aliphatic carbocycles. The molecular formula is C19H29N3O2. The highest BCUT2D eigenvalue weighted by molar-refractivity contribution is 5.94. The van der Waals surface area contributed by atoms with Crippen molar-refractivity contribution in [2.45, 2.75) is 26.8 Å². The van der Waals surface area contributed by atoms with Crippen LogP contribution in [0.4, 0.5) is 0 Å². The molecule has 1 saturated heterocycles. The van der Waals surface area contributed by atoms with Gasteiger partial charge in [-0.1, -0.05) is 25.1 Å². The monoisotopic (exact) mass is 331 g/mol. The van der Waals surface area contributed by atoms with Gasteiger partial charge in [0.05, 0.1) is 0 Å². The van der Waals surface area contributed by atoms with Crippen molar-refractivity contribution in [1.29, 1.82) is 0 Å². The van der Waals surface area contributed by atoms with Gasteiger partial charge in [-0.05, 0) is 33.0 Å². The summed E-state index contributed by atoms with van der Waals surface area (Å²) >= 11 is 0. The van der Waals surface area contributed by atoms with Crippen LogP contribution in [0.2, 0.25) is 0 Å². The predicted molar refractivity (Wildman–Crippen MR) is 95.9 cm³/mol. The lowest BCUT2D eigenvalue weighted by molar-refractivity contribution is -0.137. The van der Waals surface area contributed by atoms with Gasteiger partial charge in [0.15, 0.2) is 0 Å². The predicted octanol–water partition coefficient (Wildman–Crippen LogP) is 1.95. The molecule has 0 N–H and O–H groups in total. The van der Waals surface area contributed by atoms with Crippen molar-refractivity contribution < 1.29 is 9.59 Å². The summed E-state index contributed by atoms with van der Waals surface area (Å²) in [5.74, 6) is 0.221. The molecule has 1 fully saturated rings. The summed E-state index contributed by atoms with van der Waals surface area (Å²) in [5, 5.41) is 0. The second kappa shape index (κ2) is 8.29. The van der Waals surface area contributed by atoms with Crippen LogP contribution in [0.5, 0.6) is 0 Å². The first-order valence-electron chi connectivity index (χ1n) is 8.73. The van der Waals surface area contributed by atoms with E-state index in [1.165, 1.54) is 0 Å². The third-order valence-corrected chi connectivity index (χ3v) is 4.76. The van der Waals surface area contributed by atoms with Gasteiger partial charge in [0, 0.05) is 50.2 Å². The highest BCUT2D eigenvalue weighted by atomic mass is 16.2. The molecule has 132 valence electrons. The minimum Gasteiger partial charge on any atom is -0.339 e. The molecule has 2 amide bonds. The Kier molecular flexibility index (Phi) is 6.37. The number of hydrogen-bond donors (Lipinski definition) is 0. The van der Waals surface area contributed by atoms with Crippen LogP contribution in [0.25, 0.3) is 0 Å². The Morgan fingerprint density at radius 1 is 1.00 bits per heavy atom. The molecule has 5 nitrogen and oxygen atoms in total. The number of benzene rings is 1. The summed E-state index contributed by atoms with van der Waals surface area (Å²) in [6.45, 7) is 9.46. The van der Waals surface area contributed by atoms with Gasteiger partial charge in [-0.3, -0.25) is 9.59 Å². The van der Waals surface area contributed by atoms with Gasteiger partial charge in [0.1, 0.15) is 0 Å². The average Bonchev–Trinajstić information content (AvgIpc) is 2.61. The smallest absolute Gasteiger partial charge is 0.253 e. The fourth-order valence-corrected chi connectivity index (χ4v) is 2.93. The third-order valence-electron chi connectivity index (χ3n) is 4.76. The maximum absolute atomic E-state index is 12.6. The van der Waals surface area contributed by atoms with Gasteiger partial charge >= 0.3 is 0 Å². The number of rotatable bonds is 5. The largest absolute Gasteiger partial charge is 0.339 e. The maximum atomic E-state index is 12.6. The fourth-order valence-electron chi connectivity index (χ4n) is 2.93. The molecule has 2 rings (SSSR count). The quantitative estimate of drug-likeness (QED) is 0.828. The molecule has 1 heterocycles. The van der Waals surface area contributed by atoms with E-state index in [-0.39, 0.29) is 17.7 Å². The van der Waals surface area contributed by atoms with Crippen LogP contribution in [0.3, 0.4) is 0 Å². The second-order valence-corrected chi connectivity index (χ2v) is 6.92. The lowest BCUT2D eigenvalue weighted by Crippen LogP contribution is -2.52. The first-order valence-corrected chi connectivity index (χ1v) is 8.73. The molecule has 0 aromatic heterocycles. The zero-order chi connectivity index (χ0) is 17.7. The Hall–Kier alpha value is -1.88. The molecule has 1 aliphatic heterocycles. The molecule has 0 saturated carbocycles. The first-order chi connectivity index (χ1) is 11.4. The number of amides is 2. The molecule has 1 aliphatic rings. The standard InChI is InChI=1S/C19H29N3O2/c1-15(2)20(4)14-16(3)18(23)21-10-12-22(13-11-21)19(24)17-8-6-5-7-9-17/h5-9,15-16H,10-14H2,1-4H3/t16-/m0/s1. The van der Waals surface area contributed by atoms with E-state index in [1.807, 2.05) is 54.1 Å². The molecule has 24 heavy (non-hydrogen) atoms. The lowest BCUT2D eigenvalue weighted by Gasteiger charge is -2.36. The van der Waals surface area contributed by atoms with E-state index < -0.39 is 0 Å². The van der Waals surface area contributed by atoms with E-state index in [0.717, 1.165) is 6.54 Å². The Morgan fingerprint density at radius 3 is 2.08 bits per heavy atom. The summed E-state index contributed by atoms with van der Waals surface area (Å²) in [4.78, 5) is 31.0. The van der Waals surface area contributed by atoms with Gasteiger partial charge in [-0.25, -0.2) is 0 Å². The van der Waals surface area contributed by atoms with Crippen LogP contribution in [-0.4, -0.2) is 72.3 Å². The highest BCUT2D eigenvalue weighted by Crippen LogP contribution is 2.12. The fraction of sp³-hybridized carbons (Fsp3) is 0.579. The Morgan fingerprint density at radius 2 is 1.54 bits per heavy atom. The van der Waals surface area contributed by atoms with Gasteiger partial charge in [0.25, 0.3) is 5.91 Å². The SMILES string of the molecule is CC(C)N(C)C[C@H](C)C(=O)N1CCN(C(=O)c2ccccc2)CC1. The van der Waals surface area contributed by atoms with E-state index >= 15 is 0 Å². The van der Waals surface area contributed by atoms with Crippen LogP contribution in [-0.2, 0) is 4.79 Å². The zero-order valence-corrected chi connectivity index (χ0v) is 15.2. The van der Waals surface area contributed by atoms with Gasteiger partial charge in [0.2, 0.25) is 5.91 Å². The molecule has 1 aromatic rings. The molecule has 5 heteroatoms. The molecule has 1 atom stereocenters. The van der Waals surface area contributed by atoms with E-state index in [0.29, 0.717) is 37.8 Å². The topological polar surface area (TPSA) is 43.9 Å². The molecule has 0 bridgehead atoms. The number of piperazine rings is 1. The minimum atomic E-state index is -0.0197. The van der Waals surface area contributed by atoms with E-state index in [4.69, 9.17) is 0 Å². The van der Waals surface area contributed by atoms with Crippen LogP contribution in [0.15, 0.2) is 30.3 Å². The molecule has 0 spiro atoms. The highest BCUT2D eigenvalue weighted by Gasteiger charge is 2.27. The van der Waals surface area contributed by atoms with E-state index in [1.54, 1.807) is 0 Å². The molecule has 0 unspecified atom stereocenters. The molecule has 0 radical (unpaired) electrons. The van der Waals surface area contributed by atoms with Gasteiger partial charge in [-0.15, -0.1) is 0 Å². The maximum Gasteiger partial charge on any atom is 0.253 e. The number of hydrogen-bond acceptors (Lipinski definition) is 3. The van der Waals surface area contributed by atoms with E-state index in [2.05, 4.69) is 18.7 Å². The summed E-state index contributed by atoms with van der Waals surface area (Å²) in [6.07, 6.45) is 0. The van der Waals surface area contributed by atoms with Crippen molar-refractivity contribution in [3.8, 4) is 0 Å². The number of carbonyl (C=O) groups excluding carboxylic acids is 2. The van der Waals surface area contributed by atoms with Crippen molar-refractivity contribution >= 4 is 11.8 Å². The van der Waals surface area contributed by atoms with Gasteiger partial charge in [-0.2, -0.15) is 0 Å². The zero-order valence-electron chi connectivity index (χ0n) is 15.2. The van der Waals surface area contributed by atoms with Crippen LogP contribution in [0, 0.1) is 5.92 Å². The first kappa shape index (κ1) is 18.5.